The summed E-state index contributed by atoms with van der Waals surface area (Å²) >= 11 is 0. The van der Waals surface area contributed by atoms with Crippen molar-refractivity contribution < 1.29 is 16.0 Å². The van der Waals surface area contributed by atoms with E-state index >= 15 is 0 Å². The molecule has 0 aliphatic carbocycles. The first kappa shape index (κ1) is 19.6. The molecule has 0 spiro atoms. The first-order valence-electron chi connectivity index (χ1n) is 9.85. The normalized spacial score (nSPS) is 13.5. The minimum Gasteiger partial charge on any atom is -0.346 e. The molecule has 0 unspecified atom stereocenters. The van der Waals surface area contributed by atoms with Gasteiger partial charge in [0.05, 0.1) is 26.2 Å². The van der Waals surface area contributed by atoms with E-state index in [4.69, 9.17) is 0 Å². The Hall–Kier alpha value is -1.68. The largest absolute Gasteiger partial charge is 0.346 e. The molecule has 0 heterocycles. The molecule has 0 aliphatic rings. The van der Waals surface area contributed by atoms with E-state index in [1.54, 1.807) is 0 Å². The number of quaternary nitrogens is 3. The van der Waals surface area contributed by atoms with Gasteiger partial charge in [-0.25, -0.2) is 0 Å². The van der Waals surface area contributed by atoms with Crippen LogP contribution in [-0.4, -0.2) is 26.2 Å². The molecule has 3 heteroatoms. The highest BCUT2D eigenvalue weighted by Gasteiger charge is 2.08. The van der Waals surface area contributed by atoms with E-state index in [1.165, 1.54) is 50.1 Å². The monoisotopic (exact) mass is 342 g/mol. The van der Waals surface area contributed by atoms with Crippen LogP contribution < -0.4 is 16.0 Å². The summed E-state index contributed by atoms with van der Waals surface area (Å²) in [5.41, 5.74) is 2.85. The highest BCUT2D eigenvalue weighted by atomic mass is 14.9. The van der Waals surface area contributed by atoms with Gasteiger partial charge < -0.3 is 16.0 Å². The summed E-state index contributed by atoms with van der Waals surface area (Å²) in [6, 6.07) is 22.7. The lowest BCUT2D eigenvalue weighted by Crippen LogP contribution is -2.90. The summed E-state index contributed by atoms with van der Waals surface area (Å²) in [4.78, 5) is 0. The number of hydrogen-bond donors (Lipinski definition) is 3. The van der Waals surface area contributed by atoms with E-state index in [0.717, 1.165) is 0 Å². The van der Waals surface area contributed by atoms with E-state index in [1.807, 2.05) is 0 Å². The summed E-state index contributed by atoms with van der Waals surface area (Å²) in [5, 5.41) is 7.39. The number of benzene rings is 2. The summed E-state index contributed by atoms with van der Waals surface area (Å²) < 4.78 is 0. The lowest BCUT2D eigenvalue weighted by atomic mass is 10.1. The van der Waals surface area contributed by atoms with Crippen molar-refractivity contribution >= 4 is 0 Å². The molecule has 25 heavy (non-hydrogen) atoms. The van der Waals surface area contributed by atoms with Gasteiger partial charge in [0.1, 0.15) is 12.1 Å². The molecule has 0 aliphatic heterocycles. The number of hydrogen-bond acceptors (Lipinski definition) is 0. The van der Waals surface area contributed by atoms with Crippen molar-refractivity contribution in [3.05, 3.63) is 71.8 Å². The summed E-state index contributed by atoms with van der Waals surface area (Å²) in [6.07, 6.45) is 2.56. The van der Waals surface area contributed by atoms with Gasteiger partial charge >= 0.3 is 0 Å². The molecule has 0 fully saturated rings. The van der Waals surface area contributed by atoms with Gasteiger partial charge in [-0.15, -0.1) is 0 Å². The molecule has 136 valence electrons. The van der Waals surface area contributed by atoms with E-state index in [9.17, 15) is 0 Å². The maximum atomic E-state index is 2.47. The summed E-state index contributed by atoms with van der Waals surface area (Å²) in [6.45, 7) is 9.50. The number of rotatable bonds is 12. The zero-order chi connectivity index (χ0) is 17.7. The maximum absolute atomic E-state index is 2.47. The predicted octanol–water partition coefficient (Wildman–Crippen LogP) is 0.979. The molecular weight excluding hydrogens is 306 g/mol. The Bertz CT molecular complexity index is 504. The zero-order valence-electron chi connectivity index (χ0n) is 15.9. The fraction of sp³-hybridized carbons (Fsp3) is 0.455. The van der Waals surface area contributed by atoms with Crippen molar-refractivity contribution in [2.75, 3.05) is 26.2 Å². The highest BCUT2D eigenvalue weighted by Crippen LogP contribution is 2.06. The molecule has 0 aromatic heterocycles. The molecule has 2 aromatic carbocycles. The van der Waals surface area contributed by atoms with Crippen molar-refractivity contribution in [2.45, 2.75) is 38.8 Å². The lowest BCUT2D eigenvalue weighted by Gasteiger charge is -2.11. The van der Waals surface area contributed by atoms with Gasteiger partial charge in [0.25, 0.3) is 0 Å². The van der Waals surface area contributed by atoms with Crippen LogP contribution in [0.2, 0.25) is 0 Å². The van der Waals surface area contributed by atoms with Crippen molar-refractivity contribution in [1.82, 2.24) is 0 Å². The Kier molecular flexibility index (Phi) is 9.27. The minimum atomic E-state index is 0.565. The average molecular weight is 343 g/mol. The number of nitrogens with two attached hydrogens (primary N) is 3. The second kappa shape index (κ2) is 11.8. The first-order chi connectivity index (χ1) is 12.3. The second-order valence-corrected chi connectivity index (χ2v) is 7.02. The van der Waals surface area contributed by atoms with Crippen molar-refractivity contribution in [1.29, 1.82) is 0 Å². The summed E-state index contributed by atoms with van der Waals surface area (Å²) in [7, 11) is 0. The van der Waals surface area contributed by atoms with Gasteiger partial charge in [-0.1, -0.05) is 60.7 Å². The van der Waals surface area contributed by atoms with Crippen LogP contribution in [0.1, 0.15) is 49.9 Å². The SMILES string of the molecule is C[C@H]([NH2+]CCC[NH2+]CCC[NH2+][C@@H](C)c1ccccc1)c1ccccc1. The first-order valence-corrected chi connectivity index (χ1v) is 9.85. The Labute approximate surface area is 153 Å². The third-order valence-corrected chi connectivity index (χ3v) is 4.92. The molecule has 2 aromatic rings. The average Bonchev–Trinajstić information content (AvgIpc) is 2.67. The zero-order valence-corrected chi connectivity index (χ0v) is 15.9. The van der Waals surface area contributed by atoms with E-state index in [0.29, 0.717) is 12.1 Å². The second-order valence-electron chi connectivity index (χ2n) is 7.02. The van der Waals surface area contributed by atoms with Crippen LogP contribution in [0.25, 0.3) is 0 Å². The van der Waals surface area contributed by atoms with Gasteiger partial charge in [-0.2, -0.15) is 0 Å². The van der Waals surface area contributed by atoms with Crippen LogP contribution in [0.15, 0.2) is 60.7 Å². The Balaban J connectivity index is 1.43. The Morgan fingerprint density at radius 1 is 0.600 bits per heavy atom. The van der Waals surface area contributed by atoms with E-state index < -0.39 is 0 Å². The molecule has 0 bridgehead atoms. The molecule has 0 saturated carbocycles. The van der Waals surface area contributed by atoms with Crippen LogP contribution in [-0.2, 0) is 0 Å². The molecule has 3 nitrogen and oxygen atoms in total. The quantitative estimate of drug-likeness (QED) is 0.482. The van der Waals surface area contributed by atoms with Gasteiger partial charge in [0, 0.05) is 24.0 Å². The smallest absolute Gasteiger partial charge is 0.109 e. The Morgan fingerprint density at radius 2 is 1.00 bits per heavy atom. The van der Waals surface area contributed by atoms with Crippen molar-refractivity contribution in [2.24, 2.45) is 0 Å². The third kappa shape index (κ3) is 7.82. The van der Waals surface area contributed by atoms with Crippen molar-refractivity contribution in [3.63, 3.8) is 0 Å². The van der Waals surface area contributed by atoms with Gasteiger partial charge in [-0.05, 0) is 13.8 Å². The Morgan fingerprint density at radius 3 is 1.40 bits per heavy atom. The van der Waals surface area contributed by atoms with Gasteiger partial charge in [0.15, 0.2) is 0 Å². The molecule has 0 amide bonds. The van der Waals surface area contributed by atoms with Crippen LogP contribution in [0.5, 0.6) is 0 Å². The fourth-order valence-electron chi connectivity index (χ4n) is 3.19. The molecule has 6 N–H and O–H groups in total. The van der Waals surface area contributed by atoms with Crippen LogP contribution in [0.4, 0.5) is 0 Å². The molecule has 2 atom stereocenters. The topological polar surface area (TPSA) is 49.8 Å². The minimum absolute atomic E-state index is 0.565. The third-order valence-electron chi connectivity index (χ3n) is 4.92. The van der Waals surface area contributed by atoms with Crippen LogP contribution in [0.3, 0.4) is 0 Å². The summed E-state index contributed by atoms with van der Waals surface area (Å²) in [5.74, 6) is 0. The maximum Gasteiger partial charge on any atom is 0.109 e. The standard InChI is InChI=1S/C22H33N3/c1-19(21-11-5-3-6-12-21)24-17-9-15-23-16-10-18-25-20(2)22-13-7-4-8-14-22/h3-8,11-14,19-20,23-25H,9-10,15-18H2,1-2H3/p+3/t19-,20-/m0/s1. The molecule has 0 saturated heterocycles. The molecule has 2 rings (SSSR count). The van der Waals surface area contributed by atoms with E-state index in [-0.39, 0.29) is 0 Å². The van der Waals surface area contributed by atoms with Crippen LogP contribution in [0, 0.1) is 0 Å². The highest BCUT2D eigenvalue weighted by molar-refractivity contribution is 5.16. The van der Waals surface area contributed by atoms with E-state index in [2.05, 4.69) is 90.5 Å². The van der Waals surface area contributed by atoms with Gasteiger partial charge in [-0.3, -0.25) is 0 Å². The van der Waals surface area contributed by atoms with Crippen LogP contribution >= 0.6 is 0 Å². The van der Waals surface area contributed by atoms with Gasteiger partial charge in [0.2, 0.25) is 0 Å². The fourth-order valence-corrected chi connectivity index (χ4v) is 3.19. The predicted molar refractivity (Wildman–Crippen MR) is 104 cm³/mol. The lowest BCUT2D eigenvalue weighted by molar-refractivity contribution is -0.713. The molecule has 0 radical (unpaired) electrons. The molecular formula is C22H36N3+3. The van der Waals surface area contributed by atoms with Crippen molar-refractivity contribution in [3.8, 4) is 0 Å².